The van der Waals surface area contributed by atoms with Gasteiger partial charge in [0.05, 0.1) is 12.6 Å². The minimum Gasteiger partial charge on any atom is -0.493 e. The molecule has 0 aliphatic carbocycles. The summed E-state index contributed by atoms with van der Waals surface area (Å²) < 4.78 is 38.5. The van der Waals surface area contributed by atoms with Gasteiger partial charge in [0.2, 0.25) is 0 Å². The van der Waals surface area contributed by atoms with E-state index in [9.17, 15) is 13.6 Å². The van der Waals surface area contributed by atoms with Crippen molar-refractivity contribution in [2.45, 2.75) is 45.6 Å². The van der Waals surface area contributed by atoms with Gasteiger partial charge in [-0.1, -0.05) is 38.1 Å². The first-order valence-corrected chi connectivity index (χ1v) is 10.6. The molecular formula is C24H30F2N2O3. The summed E-state index contributed by atoms with van der Waals surface area (Å²) in [6.45, 7) is 6.31. The summed E-state index contributed by atoms with van der Waals surface area (Å²) >= 11 is 0. The van der Waals surface area contributed by atoms with Crippen LogP contribution in [0, 0.1) is 11.7 Å². The lowest BCUT2D eigenvalue weighted by Crippen LogP contribution is -2.52. The van der Waals surface area contributed by atoms with Gasteiger partial charge in [-0.15, -0.1) is 0 Å². The van der Waals surface area contributed by atoms with Gasteiger partial charge in [0.1, 0.15) is 24.3 Å². The predicted octanol–water partition coefficient (Wildman–Crippen LogP) is 4.70. The van der Waals surface area contributed by atoms with E-state index < -0.39 is 18.3 Å². The molecule has 2 atom stereocenters. The summed E-state index contributed by atoms with van der Waals surface area (Å²) in [6, 6.07) is 13.0. The number of nitrogens with one attached hydrogen (secondary N) is 1. The molecule has 0 saturated carbocycles. The smallest absolute Gasteiger partial charge is 0.407 e. The molecule has 0 unspecified atom stereocenters. The van der Waals surface area contributed by atoms with Gasteiger partial charge in [0, 0.05) is 19.6 Å². The van der Waals surface area contributed by atoms with Crippen molar-refractivity contribution < 1.29 is 23.0 Å². The van der Waals surface area contributed by atoms with E-state index in [0.29, 0.717) is 32.0 Å². The Labute approximate surface area is 182 Å². The molecule has 1 saturated heterocycles. The van der Waals surface area contributed by atoms with Gasteiger partial charge in [-0.2, -0.15) is 0 Å². The van der Waals surface area contributed by atoms with E-state index in [0.717, 1.165) is 16.9 Å². The van der Waals surface area contributed by atoms with Gasteiger partial charge in [0.25, 0.3) is 0 Å². The maximum Gasteiger partial charge on any atom is 0.407 e. The maximum atomic E-state index is 14.6. The lowest BCUT2D eigenvalue weighted by molar-refractivity contribution is 0.0849. The molecule has 1 fully saturated rings. The zero-order valence-electron chi connectivity index (χ0n) is 18.0. The fourth-order valence-corrected chi connectivity index (χ4v) is 3.41. The molecule has 0 bridgehead atoms. The van der Waals surface area contributed by atoms with Crippen molar-refractivity contribution in [3.63, 3.8) is 0 Å². The number of alkyl halides is 1. The highest BCUT2D eigenvalue weighted by atomic mass is 19.1. The number of likely N-dealkylation sites (tertiary alicyclic amines) is 1. The number of benzene rings is 2. The molecule has 2 aromatic rings. The number of hydrogen-bond acceptors (Lipinski definition) is 4. The molecule has 1 amide bonds. The molecule has 1 N–H and O–H groups in total. The third-order valence-corrected chi connectivity index (χ3v) is 5.12. The molecule has 0 radical (unpaired) electrons. The fraction of sp³-hybridized carbons (Fsp3) is 0.458. The van der Waals surface area contributed by atoms with Crippen LogP contribution < -0.4 is 10.1 Å². The van der Waals surface area contributed by atoms with E-state index in [-0.39, 0.29) is 19.0 Å². The van der Waals surface area contributed by atoms with Gasteiger partial charge in [0.15, 0.2) is 0 Å². The highest BCUT2D eigenvalue weighted by Gasteiger charge is 2.30. The molecule has 1 heterocycles. The minimum absolute atomic E-state index is 0.108. The minimum atomic E-state index is -1.20. The molecule has 168 valence electrons. The third-order valence-electron chi connectivity index (χ3n) is 5.12. The van der Waals surface area contributed by atoms with Gasteiger partial charge in [-0.05, 0) is 47.7 Å². The van der Waals surface area contributed by atoms with Crippen LogP contribution in [0.25, 0.3) is 0 Å². The quantitative estimate of drug-likeness (QED) is 0.657. The van der Waals surface area contributed by atoms with Crippen LogP contribution in [0.4, 0.5) is 13.6 Å². The van der Waals surface area contributed by atoms with Crippen LogP contribution in [0.15, 0.2) is 48.5 Å². The van der Waals surface area contributed by atoms with E-state index in [4.69, 9.17) is 9.47 Å². The number of ether oxygens (including phenoxy) is 2. The van der Waals surface area contributed by atoms with Crippen molar-refractivity contribution >= 4 is 6.09 Å². The van der Waals surface area contributed by atoms with Crippen molar-refractivity contribution in [1.82, 2.24) is 10.2 Å². The van der Waals surface area contributed by atoms with Crippen LogP contribution in [0.2, 0.25) is 0 Å². The zero-order valence-corrected chi connectivity index (χ0v) is 18.0. The van der Waals surface area contributed by atoms with Crippen LogP contribution in [-0.2, 0) is 17.9 Å². The number of hydrogen-bond donors (Lipinski definition) is 1. The molecule has 2 aromatic carbocycles. The van der Waals surface area contributed by atoms with Crippen LogP contribution in [0.5, 0.6) is 5.75 Å². The lowest BCUT2D eigenvalue weighted by atomic mass is 10.0. The average molecular weight is 433 g/mol. The lowest BCUT2D eigenvalue weighted by Gasteiger charge is -2.34. The summed E-state index contributed by atoms with van der Waals surface area (Å²) in [7, 11) is 0. The van der Waals surface area contributed by atoms with Crippen molar-refractivity contribution in [2.24, 2.45) is 5.92 Å². The number of rotatable bonds is 8. The van der Waals surface area contributed by atoms with Crippen LogP contribution >= 0.6 is 0 Å². The third kappa shape index (κ3) is 7.51. The molecular weight excluding hydrogens is 402 g/mol. The SMILES string of the molecule is CC(C)COc1ccc(COC(=O)N[C@@H]2CCN(Cc3ccc(F)cc3)C[C@@H]2F)cc1. The number of carbonyl (C=O) groups excluding carboxylic acids is 1. The van der Waals surface area contributed by atoms with Gasteiger partial charge >= 0.3 is 6.09 Å². The Bertz CT molecular complexity index is 828. The number of piperidine rings is 1. The first-order valence-electron chi connectivity index (χ1n) is 10.6. The predicted molar refractivity (Wildman–Crippen MR) is 115 cm³/mol. The summed E-state index contributed by atoms with van der Waals surface area (Å²) in [5.41, 5.74) is 1.76. The maximum absolute atomic E-state index is 14.6. The van der Waals surface area contributed by atoms with E-state index in [2.05, 4.69) is 19.2 Å². The number of nitrogens with zero attached hydrogens (tertiary/aromatic N) is 1. The topological polar surface area (TPSA) is 50.8 Å². The number of alkyl carbamates (subject to hydrolysis) is 1. The first kappa shape index (κ1) is 23.0. The van der Waals surface area contributed by atoms with E-state index in [1.807, 2.05) is 29.2 Å². The Balaban J connectivity index is 1.39. The molecule has 1 aliphatic rings. The monoisotopic (exact) mass is 432 g/mol. The van der Waals surface area contributed by atoms with Crippen molar-refractivity contribution in [1.29, 1.82) is 0 Å². The Morgan fingerprint density at radius 2 is 1.81 bits per heavy atom. The average Bonchev–Trinajstić information content (AvgIpc) is 2.75. The Morgan fingerprint density at radius 3 is 2.45 bits per heavy atom. The molecule has 3 rings (SSSR count). The van der Waals surface area contributed by atoms with Crippen molar-refractivity contribution in [2.75, 3.05) is 19.7 Å². The van der Waals surface area contributed by atoms with E-state index in [1.54, 1.807) is 12.1 Å². The second-order valence-electron chi connectivity index (χ2n) is 8.34. The largest absolute Gasteiger partial charge is 0.493 e. The molecule has 1 aliphatic heterocycles. The Morgan fingerprint density at radius 1 is 1.13 bits per heavy atom. The number of amides is 1. The van der Waals surface area contributed by atoms with Crippen molar-refractivity contribution in [3.8, 4) is 5.75 Å². The summed E-state index contributed by atoms with van der Waals surface area (Å²) in [5, 5.41) is 2.64. The standard InChI is InChI=1S/C24H30F2N2O3/c1-17(2)15-30-21-9-5-19(6-10-21)16-31-24(29)27-23-11-12-28(14-22(23)26)13-18-3-7-20(25)8-4-18/h3-10,17,22-23H,11-16H2,1-2H3,(H,27,29)/t22-,23+/m0/s1. The highest BCUT2D eigenvalue weighted by Crippen LogP contribution is 2.18. The van der Waals surface area contributed by atoms with Gasteiger partial charge in [-0.3, -0.25) is 4.90 Å². The summed E-state index contributed by atoms with van der Waals surface area (Å²) in [4.78, 5) is 14.1. The molecule has 31 heavy (non-hydrogen) atoms. The normalized spacial score (nSPS) is 19.3. The second-order valence-corrected chi connectivity index (χ2v) is 8.34. The Kier molecular flexibility index (Phi) is 8.23. The fourth-order valence-electron chi connectivity index (χ4n) is 3.41. The molecule has 7 heteroatoms. The number of halogens is 2. The summed E-state index contributed by atoms with van der Waals surface area (Å²) in [6.07, 6.45) is -1.33. The van der Waals surface area contributed by atoms with Crippen LogP contribution in [-0.4, -0.2) is 42.9 Å². The number of carbonyl (C=O) groups is 1. The van der Waals surface area contributed by atoms with E-state index in [1.165, 1.54) is 12.1 Å². The second kappa shape index (κ2) is 11.1. The highest BCUT2D eigenvalue weighted by molar-refractivity contribution is 5.67. The van der Waals surface area contributed by atoms with Gasteiger partial charge in [-0.25, -0.2) is 13.6 Å². The molecule has 0 aromatic heterocycles. The Hall–Kier alpha value is -2.67. The zero-order chi connectivity index (χ0) is 22.2. The molecule has 5 nitrogen and oxygen atoms in total. The van der Waals surface area contributed by atoms with Crippen molar-refractivity contribution in [3.05, 3.63) is 65.5 Å². The van der Waals surface area contributed by atoms with E-state index >= 15 is 0 Å². The van der Waals surface area contributed by atoms with Gasteiger partial charge < -0.3 is 14.8 Å². The van der Waals surface area contributed by atoms with Crippen LogP contribution in [0.1, 0.15) is 31.4 Å². The summed E-state index contributed by atoms with van der Waals surface area (Å²) in [5.74, 6) is 0.930. The first-order chi connectivity index (χ1) is 14.9. The van der Waals surface area contributed by atoms with Crippen LogP contribution in [0.3, 0.4) is 0 Å². The molecule has 0 spiro atoms.